The third-order valence-electron chi connectivity index (χ3n) is 5.12. The Morgan fingerprint density at radius 1 is 1.13 bits per heavy atom. The van der Waals surface area contributed by atoms with E-state index in [1.165, 1.54) is 12.1 Å². The zero-order valence-electron chi connectivity index (χ0n) is 18.1. The van der Waals surface area contributed by atoms with Crippen LogP contribution in [0.2, 0.25) is 0 Å². The van der Waals surface area contributed by atoms with E-state index < -0.39 is 0 Å². The topological polar surface area (TPSA) is 58.1 Å². The summed E-state index contributed by atoms with van der Waals surface area (Å²) in [5.41, 5.74) is 2.27. The van der Waals surface area contributed by atoms with E-state index in [0.29, 0.717) is 19.1 Å². The van der Waals surface area contributed by atoms with Crippen LogP contribution in [0.15, 0.2) is 59.6 Å². The van der Waals surface area contributed by atoms with Gasteiger partial charge in [0.1, 0.15) is 5.75 Å². The second-order valence-electron chi connectivity index (χ2n) is 7.50. The summed E-state index contributed by atoms with van der Waals surface area (Å²) < 4.78 is 10.9. The van der Waals surface area contributed by atoms with Crippen LogP contribution >= 0.6 is 0 Å². The first-order valence-electron chi connectivity index (χ1n) is 10.9. The standard InChI is InChI=1S/C24H34N4O2/c1-3-25-24(27-21-9-7-12-23(17-21)30-16-8-15-29-2)26-18-20-13-14-28(19-20)22-10-5-4-6-11-22/h4-7,9-12,17,20H,3,8,13-16,18-19H2,1-2H3,(H2,25,26,27). The lowest BCUT2D eigenvalue weighted by Gasteiger charge is -2.18. The molecule has 1 aliphatic heterocycles. The average molecular weight is 411 g/mol. The van der Waals surface area contributed by atoms with Gasteiger partial charge < -0.3 is 25.0 Å². The molecule has 0 aliphatic carbocycles. The molecule has 1 heterocycles. The van der Waals surface area contributed by atoms with Crippen LogP contribution in [0.1, 0.15) is 19.8 Å². The van der Waals surface area contributed by atoms with Crippen molar-refractivity contribution < 1.29 is 9.47 Å². The lowest BCUT2D eigenvalue weighted by Crippen LogP contribution is -2.31. The highest BCUT2D eigenvalue weighted by Crippen LogP contribution is 2.23. The van der Waals surface area contributed by atoms with Gasteiger partial charge in [-0.2, -0.15) is 0 Å². The summed E-state index contributed by atoms with van der Waals surface area (Å²) in [7, 11) is 1.71. The number of benzene rings is 2. The number of anilines is 2. The van der Waals surface area contributed by atoms with E-state index in [9.17, 15) is 0 Å². The monoisotopic (exact) mass is 410 g/mol. The maximum absolute atomic E-state index is 5.80. The van der Waals surface area contributed by atoms with Crippen LogP contribution in [0.4, 0.5) is 11.4 Å². The summed E-state index contributed by atoms with van der Waals surface area (Å²) in [5, 5.41) is 6.75. The highest BCUT2D eigenvalue weighted by atomic mass is 16.5. The van der Waals surface area contributed by atoms with Crippen LogP contribution < -0.4 is 20.3 Å². The minimum atomic E-state index is 0.566. The second-order valence-corrected chi connectivity index (χ2v) is 7.50. The quantitative estimate of drug-likeness (QED) is 0.352. The first-order chi connectivity index (χ1) is 14.8. The molecule has 162 valence electrons. The summed E-state index contributed by atoms with van der Waals surface area (Å²) in [5.74, 6) is 2.23. The normalized spacial score (nSPS) is 16.5. The van der Waals surface area contributed by atoms with Crippen molar-refractivity contribution in [2.75, 3.05) is 56.7 Å². The van der Waals surface area contributed by atoms with Crippen LogP contribution in [0.25, 0.3) is 0 Å². The number of hydrogen-bond donors (Lipinski definition) is 2. The zero-order chi connectivity index (χ0) is 21.0. The predicted octanol–water partition coefficient (Wildman–Crippen LogP) is 4.01. The van der Waals surface area contributed by atoms with Gasteiger partial charge in [0, 0.05) is 63.8 Å². The summed E-state index contributed by atoms with van der Waals surface area (Å²) >= 11 is 0. The molecule has 2 N–H and O–H groups in total. The van der Waals surface area contributed by atoms with E-state index in [0.717, 1.165) is 50.0 Å². The van der Waals surface area contributed by atoms with Gasteiger partial charge in [0.2, 0.25) is 0 Å². The Labute approximate surface area is 180 Å². The Hall–Kier alpha value is -2.73. The Morgan fingerprint density at radius 3 is 2.80 bits per heavy atom. The Morgan fingerprint density at radius 2 is 2.00 bits per heavy atom. The molecule has 0 bridgehead atoms. The van der Waals surface area contributed by atoms with E-state index in [4.69, 9.17) is 14.5 Å². The average Bonchev–Trinajstić information content (AvgIpc) is 3.25. The Balaban J connectivity index is 1.53. The molecule has 1 unspecified atom stereocenters. The van der Waals surface area contributed by atoms with Gasteiger partial charge >= 0.3 is 0 Å². The summed E-state index contributed by atoms with van der Waals surface area (Å²) in [6.45, 7) is 7.21. The number of ether oxygens (including phenoxy) is 2. The van der Waals surface area contributed by atoms with Gasteiger partial charge in [0.25, 0.3) is 0 Å². The third-order valence-corrected chi connectivity index (χ3v) is 5.12. The van der Waals surface area contributed by atoms with Gasteiger partial charge in [-0.05, 0) is 43.5 Å². The maximum Gasteiger partial charge on any atom is 0.195 e. The molecule has 1 fully saturated rings. The van der Waals surface area contributed by atoms with Gasteiger partial charge in [-0.3, -0.25) is 4.99 Å². The number of aliphatic imine (C=N–C) groups is 1. The molecule has 2 aromatic carbocycles. The Bertz CT molecular complexity index is 782. The summed E-state index contributed by atoms with van der Waals surface area (Å²) in [4.78, 5) is 7.29. The number of nitrogens with zero attached hydrogens (tertiary/aromatic N) is 2. The predicted molar refractivity (Wildman–Crippen MR) is 125 cm³/mol. The van der Waals surface area contributed by atoms with Crippen molar-refractivity contribution in [1.82, 2.24) is 5.32 Å². The van der Waals surface area contributed by atoms with E-state index >= 15 is 0 Å². The minimum Gasteiger partial charge on any atom is -0.493 e. The van der Waals surface area contributed by atoms with Gasteiger partial charge in [0.15, 0.2) is 5.96 Å². The number of methoxy groups -OCH3 is 1. The van der Waals surface area contributed by atoms with E-state index in [-0.39, 0.29) is 0 Å². The molecule has 0 aromatic heterocycles. The number of para-hydroxylation sites is 1. The van der Waals surface area contributed by atoms with E-state index in [1.54, 1.807) is 7.11 Å². The molecule has 6 heteroatoms. The maximum atomic E-state index is 5.80. The van der Waals surface area contributed by atoms with Crippen LogP contribution in [-0.4, -0.2) is 52.5 Å². The third kappa shape index (κ3) is 6.95. The number of guanidine groups is 1. The Kier molecular flexibility index (Phi) is 8.84. The number of hydrogen-bond acceptors (Lipinski definition) is 4. The SMILES string of the molecule is CCNC(=NCC1CCN(c2ccccc2)C1)Nc1cccc(OCCCOC)c1. The van der Waals surface area contributed by atoms with Gasteiger partial charge in [0.05, 0.1) is 6.61 Å². The highest BCUT2D eigenvalue weighted by molar-refractivity contribution is 5.93. The molecule has 0 saturated carbocycles. The lowest BCUT2D eigenvalue weighted by atomic mass is 10.1. The van der Waals surface area contributed by atoms with E-state index in [1.807, 2.05) is 24.3 Å². The summed E-state index contributed by atoms with van der Waals surface area (Å²) in [6.07, 6.45) is 2.04. The highest BCUT2D eigenvalue weighted by Gasteiger charge is 2.22. The van der Waals surface area contributed by atoms with Crippen LogP contribution in [0, 0.1) is 5.92 Å². The second kappa shape index (κ2) is 12.1. The molecule has 2 aromatic rings. The largest absolute Gasteiger partial charge is 0.493 e. The van der Waals surface area contributed by atoms with Crippen molar-refractivity contribution in [1.29, 1.82) is 0 Å². The molecule has 1 atom stereocenters. The number of nitrogens with one attached hydrogen (secondary N) is 2. The molecule has 0 amide bonds. The fourth-order valence-corrected chi connectivity index (χ4v) is 3.58. The molecule has 0 spiro atoms. The molecule has 3 rings (SSSR count). The van der Waals surface area contributed by atoms with Gasteiger partial charge in [-0.1, -0.05) is 24.3 Å². The number of rotatable bonds is 10. The molecular weight excluding hydrogens is 376 g/mol. The smallest absolute Gasteiger partial charge is 0.195 e. The van der Waals surface area contributed by atoms with Crippen LogP contribution in [0.3, 0.4) is 0 Å². The van der Waals surface area contributed by atoms with Crippen molar-refractivity contribution in [2.24, 2.45) is 10.9 Å². The van der Waals surface area contributed by atoms with Crippen molar-refractivity contribution in [3.8, 4) is 5.75 Å². The van der Waals surface area contributed by atoms with Gasteiger partial charge in [-0.15, -0.1) is 0 Å². The molecular formula is C24H34N4O2. The summed E-state index contributed by atoms with van der Waals surface area (Å²) in [6, 6.07) is 18.6. The molecule has 30 heavy (non-hydrogen) atoms. The molecule has 1 aliphatic rings. The van der Waals surface area contributed by atoms with Crippen LogP contribution in [-0.2, 0) is 4.74 Å². The molecule has 1 saturated heterocycles. The molecule has 0 radical (unpaired) electrons. The fraction of sp³-hybridized carbons (Fsp3) is 0.458. The lowest BCUT2D eigenvalue weighted by molar-refractivity contribution is 0.172. The van der Waals surface area contributed by atoms with Crippen LogP contribution in [0.5, 0.6) is 5.75 Å². The van der Waals surface area contributed by atoms with Crippen molar-refractivity contribution in [3.05, 3.63) is 54.6 Å². The minimum absolute atomic E-state index is 0.566. The van der Waals surface area contributed by atoms with Crippen molar-refractivity contribution >= 4 is 17.3 Å². The van der Waals surface area contributed by atoms with E-state index in [2.05, 4.69) is 52.8 Å². The first kappa shape index (κ1) is 22.0. The first-order valence-corrected chi connectivity index (χ1v) is 10.9. The fourth-order valence-electron chi connectivity index (χ4n) is 3.58. The van der Waals surface area contributed by atoms with Crippen molar-refractivity contribution in [3.63, 3.8) is 0 Å². The van der Waals surface area contributed by atoms with Crippen molar-refractivity contribution in [2.45, 2.75) is 19.8 Å². The zero-order valence-corrected chi connectivity index (χ0v) is 18.1. The van der Waals surface area contributed by atoms with Gasteiger partial charge in [-0.25, -0.2) is 0 Å². The molecule has 6 nitrogen and oxygen atoms in total.